The number of hydrogen-bond donors (Lipinski definition) is 2. The lowest BCUT2D eigenvalue weighted by molar-refractivity contribution is 0.258. The molecule has 0 aromatic heterocycles. The molecule has 1 fully saturated rings. The second kappa shape index (κ2) is 5.93. The molecule has 5 heteroatoms. The van der Waals surface area contributed by atoms with Crippen molar-refractivity contribution >= 4 is 11.5 Å². The van der Waals surface area contributed by atoms with Gasteiger partial charge in [0.25, 0.3) is 0 Å². The molecular formula is C14H22N4O. The van der Waals surface area contributed by atoms with Crippen LogP contribution in [0.5, 0.6) is 0 Å². The third-order valence-corrected chi connectivity index (χ3v) is 3.76. The number of likely N-dealkylation sites (N-methyl/N-ethyl adjacent to an activating group) is 1. The fourth-order valence-corrected chi connectivity index (χ4v) is 2.61. The lowest BCUT2D eigenvalue weighted by Crippen LogP contribution is -2.45. The number of hydrogen-bond acceptors (Lipinski definition) is 4. The number of para-hydroxylation sites is 1. The van der Waals surface area contributed by atoms with Gasteiger partial charge in [-0.15, -0.1) is 0 Å². The molecule has 1 heterocycles. The summed E-state index contributed by atoms with van der Waals surface area (Å²) >= 11 is 0. The minimum absolute atomic E-state index is 0.169. The van der Waals surface area contributed by atoms with Crippen LogP contribution in [0.1, 0.15) is 18.4 Å². The molecular weight excluding hydrogens is 240 g/mol. The molecule has 1 unspecified atom stereocenters. The summed E-state index contributed by atoms with van der Waals surface area (Å²) in [6, 6.07) is 8.37. The first-order valence-corrected chi connectivity index (χ1v) is 6.61. The molecule has 0 aliphatic carbocycles. The summed E-state index contributed by atoms with van der Waals surface area (Å²) in [5.41, 5.74) is 7.60. The summed E-state index contributed by atoms with van der Waals surface area (Å²) in [6.45, 7) is 1.99. The van der Waals surface area contributed by atoms with E-state index in [1.54, 1.807) is 0 Å². The average molecular weight is 262 g/mol. The van der Waals surface area contributed by atoms with E-state index in [2.05, 4.69) is 29.1 Å². The quantitative estimate of drug-likeness (QED) is 0.373. The van der Waals surface area contributed by atoms with Crippen molar-refractivity contribution in [1.29, 1.82) is 0 Å². The zero-order chi connectivity index (χ0) is 13.8. The molecule has 0 bridgehead atoms. The zero-order valence-electron chi connectivity index (χ0n) is 11.6. The van der Waals surface area contributed by atoms with Gasteiger partial charge in [0.15, 0.2) is 5.84 Å². The Kier molecular flexibility index (Phi) is 4.27. The normalized spacial score (nSPS) is 20.9. The van der Waals surface area contributed by atoms with E-state index in [1.807, 2.05) is 24.3 Å². The van der Waals surface area contributed by atoms with Crippen LogP contribution in [0.4, 0.5) is 5.69 Å². The summed E-state index contributed by atoms with van der Waals surface area (Å²) in [5.74, 6) is 0.169. The summed E-state index contributed by atoms with van der Waals surface area (Å²) in [7, 11) is 4.23. The van der Waals surface area contributed by atoms with E-state index in [4.69, 9.17) is 10.9 Å². The van der Waals surface area contributed by atoms with Crippen LogP contribution in [0, 0.1) is 0 Å². The van der Waals surface area contributed by atoms with Gasteiger partial charge in [0.2, 0.25) is 0 Å². The predicted molar refractivity (Wildman–Crippen MR) is 77.9 cm³/mol. The number of piperidine rings is 1. The second-order valence-corrected chi connectivity index (χ2v) is 5.21. The Bertz CT molecular complexity index is 459. The molecule has 1 saturated heterocycles. The minimum Gasteiger partial charge on any atom is -0.409 e. The Morgan fingerprint density at radius 1 is 1.42 bits per heavy atom. The summed E-state index contributed by atoms with van der Waals surface area (Å²) in [6.07, 6.45) is 2.38. The molecule has 104 valence electrons. The first-order chi connectivity index (χ1) is 9.13. The predicted octanol–water partition coefficient (Wildman–Crippen LogP) is 1.31. The van der Waals surface area contributed by atoms with E-state index in [9.17, 15) is 0 Å². The lowest BCUT2D eigenvalue weighted by Gasteiger charge is -2.38. The number of oxime groups is 1. The Balaban J connectivity index is 2.26. The fourth-order valence-electron chi connectivity index (χ4n) is 2.61. The molecule has 19 heavy (non-hydrogen) atoms. The highest BCUT2D eigenvalue weighted by atomic mass is 16.4. The van der Waals surface area contributed by atoms with E-state index in [1.165, 1.54) is 6.42 Å². The standard InChI is InChI=1S/C14H22N4O/c1-17(2)11-6-5-9-18(10-11)13-8-4-3-7-12(13)14(15)16-19/h3-4,7-8,11,19H,5-6,9-10H2,1-2H3,(H2,15,16). The maximum absolute atomic E-state index is 8.89. The van der Waals surface area contributed by atoms with Crippen LogP contribution in [0.25, 0.3) is 0 Å². The Morgan fingerprint density at radius 2 is 2.16 bits per heavy atom. The van der Waals surface area contributed by atoms with Crippen LogP contribution in [-0.2, 0) is 0 Å². The van der Waals surface area contributed by atoms with Crippen molar-refractivity contribution in [3.63, 3.8) is 0 Å². The molecule has 1 aromatic rings. The van der Waals surface area contributed by atoms with Gasteiger partial charge < -0.3 is 20.7 Å². The van der Waals surface area contributed by atoms with Crippen molar-refractivity contribution in [3.8, 4) is 0 Å². The van der Waals surface area contributed by atoms with Crippen LogP contribution in [-0.4, -0.2) is 49.2 Å². The van der Waals surface area contributed by atoms with Crippen LogP contribution in [0.3, 0.4) is 0 Å². The van der Waals surface area contributed by atoms with Gasteiger partial charge in [-0.2, -0.15) is 0 Å². The van der Waals surface area contributed by atoms with Crippen molar-refractivity contribution in [3.05, 3.63) is 29.8 Å². The highest BCUT2D eigenvalue weighted by Gasteiger charge is 2.23. The Morgan fingerprint density at radius 3 is 2.84 bits per heavy atom. The monoisotopic (exact) mass is 262 g/mol. The molecule has 0 spiro atoms. The van der Waals surface area contributed by atoms with Crippen LogP contribution in [0.2, 0.25) is 0 Å². The molecule has 0 radical (unpaired) electrons. The van der Waals surface area contributed by atoms with E-state index < -0.39 is 0 Å². The third-order valence-electron chi connectivity index (χ3n) is 3.76. The largest absolute Gasteiger partial charge is 0.409 e. The highest BCUT2D eigenvalue weighted by molar-refractivity contribution is 6.02. The van der Waals surface area contributed by atoms with Crippen molar-refractivity contribution < 1.29 is 5.21 Å². The molecule has 3 N–H and O–H groups in total. The van der Waals surface area contributed by atoms with Crippen LogP contribution >= 0.6 is 0 Å². The molecule has 5 nitrogen and oxygen atoms in total. The molecule has 0 amide bonds. The van der Waals surface area contributed by atoms with Crippen molar-refractivity contribution in [2.75, 3.05) is 32.1 Å². The van der Waals surface area contributed by atoms with Crippen LogP contribution < -0.4 is 10.6 Å². The first-order valence-electron chi connectivity index (χ1n) is 6.61. The van der Waals surface area contributed by atoms with E-state index >= 15 is 0 Å². The summed E-state index contributed by atoms with van der Waals surface area (Å²) in [5, 5.41) is 12.0. The molecule has 0 saturated carbocycles. The maximum atomic E-state index is 8.89. The molecule has 1 atom stereocenters. The highest BCUT2D eigenvalue weighted by Crippen LogP contribution is 2.25. The maximum Gasteiger partial charge on any atom is 0.172 e. The number of benzene rings is 1. The van der Waals surface area contributed by atoms with Crippen molar-refractivity contribution in [2.45, 2.75) is 18.9 Å². The summed E-state index contributed by atoms with van der Waals surface area (Å²) < 4.78 is 0. The van der Waals surface area contributed by atoms with E-state index in [0.717, 1.165) is 30.8 Å². The third kappa shape index (κ3) is 2.98. The van der Waals surface area contributed by atoms with Gasteiger partial charge in [-0.05, 0) is 39.1 Å². The van der Waals surface area contributed by atoms with Gasteiger partial charge >= 0.3 is 0 Å². The number of anilines is 1. The van der Waals surface area contributed by atoms with E-state index in [-0.39, 0.29) is 5.84 Å². The van der Waals surface area contributed by atoms with Gasteiger partial charge in [-0.3, -0.25) is 0 Å². The van der Waals surface area contributed by atoms with Gasteiger partial charge in [-0.25, -0.2) is 0 Å². The number of nitrogens with zero attached hydrogens (tertiary/aromatic N) is 3. The second-order valence-electron chi connectivity index (χ2n) is 5.21. The topological polar surface area (TPSA) is 65.1 Å². The van der Waals surface area contributed by atoms with Crippen molar-refractivity contribution in [1.82, 2.24) is 4.90 Å². The molecule has 1 aliphatic rings. The Hall–Kier alpha value is -1.75. The number of amidine groups is 1. The van der Waals surface area contributed by atoms with Gasteiger partial charge in [0.05, 0.1) is 0 Å². The zero-order valence-corrected chi connectivity index (χ0v) is 11.6. The average Bonchev–Trinajstić information content (AvgIpc) is 2.46. The van der Waals surface area contributed by atoms with Crippen LogP contribution in [0.15, 0.2) is 29.4 Å². The van der Waals surface area contributed by atoms with E-state index in [0.29, 0.717) is 6.04 Å². The van der Waals surface area contributed by atoms with Gasteiger partial charge in [0.1, 0.15) is 0 Å². The number of nitrogens with two attached hydrogens (primary N) is 1. The van der Waals surface area contributed by atoms with Gasteiger partial charge in [0, 0.05) is 30.4 Å². The Labute approximate surface area is 114 Å². The number of rotatable bonds is 3. The van der Waals surface area contributed by atoms with Crippen molar-refractivity contribution in [2.24, 2.45) is 10.9 Å². The fraction of sp³-hybridized carbons (Fsp3) is 0.500. The molecule has 2 rings (SSSR count). The molecule has 1 aliphatic heterocycles. The van der Waals surface area contributed by atoms with Gasteiger partial charge in [-0.1, -0.05) is 17.3 Å². The smallest absolute Gasteiger partial charge is 0.172 e. The summed E-state index contributed by atoms with van der Waals surface area (Å²) in [4.78, 5) is 4.58. The first kappa shape index (κ1) is 13.7. The molecule has 1 aromatic carbocycles. The lowest BCUT2D eigenvalue weighted by atomic mass is 10.0. The SMILES string of the molecule is CN(C)C1CCCN(c2ccccc2C(N)=NO)C1. The minimum atomic E-state index is 0.169.